The van der Waals surface area contributed by atoms with E-state index >= 15 is 0 Å². The lowest BCUT2D eigenvalue weighted by Crippen LogP contribution is -2.46. The van der Waals surface area contributed by atoms with Gasteiger partial charge in [0.25, 0.3) is 0 Å². The van der Waals surface area contributed by atoms with E-state index in [1.54, 1.807) is 18.4 Å². The van der Waals surface area contributed by atoms with Crippen molar-refractivity contribution in [1.29, 1.82) is 0 Å². The molecule has 0 atom stereocenters. The molecule has 1 aromatic heterocycles. The van der Waals surface area contributed by atoms with E-state index in [4.69, 9.17) is 9.15 Å². The monoisotopic (exact) mass is 140 g/mol. The van der Waals surface area contributed by atoms with Gasteiger partial charge in [0, 0.05) is 0 Å². The molecule has 1 aromatic rings. The van der Waals surface area contributed by atoms with E-state index in [2.05, 4.69) is 0 Å². The molecule has 0 unspecified atom stereocenters. The molecule has 0 radical (unpaired) electrons. The maximum absolute atomic E-state index is 9.55. The molecule has 2 rings (SSSR count). The first kappa shape index (κ1) is 5.95. The maximum atomic E-state index is 9.55. The Labute approximate surface area is 58.2 Å². The summed E-state index contributed by atoms with van der Waals surface area (Å²) in [6, 6.07) is 3.51. The van der Waals surface area contributed by atoms with Crippen LogP contribution in [0.15, 0.2) is 22.8 Å². The minimum Gasteiger partial charge on any atom is -0.466 e. The van der Waals surface area contributed by atoms with Crippen molar-refractivity contribution in [2.24, 2.45) is 0 Å². The standard InChI is InChI=1S/C7H8O3/c8-7(4-9-5-7)6-2-1-3-10-6/h1-3,8H,4-5H2. The Morgan fingerprint density at radius 1 is 1.50 bits per heavy atom. The third-order valence-electron chi connectivity index (χ3n) is 1.66. The molecule has 3 heteroatoms. The van der Waals surface area contributed by atoms with Crippen LogP contribution in [0.1, 0.15) is 5.76 Å². The third kappa shape index (κ3) is 0.678. The topological polar surface area (TPSA) is 42.6 Å². The van der Waals surface area contributed by atoms with E-state index < -0.39 is 5.60 Å². The summed E-state index contributed by atoms with van der Waals surface area (Å²) >= 11 is 0. The molecular formula is C7H8O3. The van der Waals surface area contributed by atoms with E-state index in [-0.39, 0.29) is 0 Å². The van der Waals surface area contributed by atoms with Crippen molar-refractivity contribution in [3.8, 4) is 0 Å². The fourth-order valence-corrected chi connectivity index (χ4v) is 0.981. The van der Waals surface area contributed by atoms with Crippen molar-refractivity contribution in [2.75, 3.05) is 13.2 Å². The van der Waals surface area contributed by atoms with Crippen LogP contribution in [0.4, 0.5) is 0 Å². The zero-order chi connectivity index (χ0) is 7.03. The van der Waals surface area contributed by atoms with Crippen LogP contribution in [-0.2, 0) is 10.3 Å². The zero-order valence-electron chi connectivity index (χ0n) is 5.41. The number of rotatable bonds is 1. The average molecular weight is 140 g/mol. The van der Waals surface area contributed by atoms with Gasteiger partial charge in [-0.3, -0.25) is 0 Å². The Bertz CT molecular complexity index is 211. The molecule has 2 heterocycles. The van der Waals surface area contributed by atoms with Gasteiger partial charge in [0.05, 0.1) is 19.5 Å². The first-order chi connectivity index (χ1) is 4.81. The molecule has 1 fully saturated rings. The largest absolute Gasteiger partial charge is 0.466 e. The molecule has 3 nitrogen and oxygen atoms in total. The number of ether oxygens (including phenoxy) is 1. The maximum Gasteiger partial charge on any atom is 0.168 e. The van der Waals surface area contributed by atoms with E-state index in [9.17, 15) is 5.11 Å². The van der Waals surface area contributed by atoms with Crippen molar-refractivity contribution < 1.29 is 14.3 Å². The predicted molar refractivity (Wildman–Crippen MR) is 33.4 cm³/mol. The van der Waals surface area contributed by atoms with Gasteiger partial charge >= 0.3 is 0 Å². The van der Waals surface area contributed by atoms with Crippen LogP contribution in [0.2, 0.25) is 0 Å². The van der Waals surface area contributed by atoms with E-state index in [0.717, 1.165) is 0 Å². The summed E-state index contributed by atoms with van der Waals surface area (Å²) in [5.41, 5.74) is -0.844. The second-order valence-electron chi connectivity index (χ2n) is 2.50. The van der Waals surface area contributed by atoms with Crippen LogP contribution < -0.4 is 0 Å². The summed E-state index contributed by atoms with van der Waals surface area (Å²) in [5, 5.41) is 9.55. The van der Waals surface area contributed by atoms with Gasteiger partial charge in [-0.2, -0.15) is 0 Å². The van der Waals surface area contributed by atoms with Crippen LogP contribution in [0.3, 0.4) is 0 Å². The van der Waals surface area contributed by atoms with Crippen LogP contribution in [-0.4, -0.2) is 18.3 Å². The SMILES string of the molecule is OC1(c2ccco2)COC1. The zero-order valence-corrected chi connectivity index (χ0v) is 5.41. The molecule has 1 aliphatic rings. The van der Waals surface area contributed by atoms with Crippen molar-refractivity contribution in [2.45, 2.75) is 5.60 Å². The Morgan fingerprint density at radius 3 is 2.70 bits per heavy atom. The molecule has 0 aromatic carbocycles. The van der Waals surface area contributed by atoms with Gasteiger partial charge in [-0.05, 0) is 12.1 Å². The van der Waals surface area contributed by atoms with Crippen LogP contribution in [0.5, 0.6) is 0 Å². The van der Waals surface area contributed by atoms with Crippen molar-refractivity contribution in [3.05, 3.63) is 24.2 Å². The summed E-state index contributed by atoms with van der Waals surface area (Å²) in [6.07, 6.45) is 1.55. The summed E-state index contributed by atoms with van der Waals surface area (Å²) in [7, 11) is 0. The molecule has 0 aliphatic carbocycles. The van der Waals surface area contributed by atoms with Gasteiger partial charge in [-0.15, -0.1) is 0 Å². The fourth-order valence-electron chi connectivity index (χ4n) is 0.981. The minimum atomic E-state index is -0.844. The Kier molecular flexibility index (Phi) is 1.09. The van der Waals surface area contributed by atoms with Crippen LogP contribution >= 0.6 is 0 Å². The highest BCUT2D eigenvalue weighted by Gasteiger charge is 2.40. The van der Waals surface area contributed by atoms with Gasteiger partial charge in [0.15, 0.2) is 5.60 Å². The molecule has 0 saturated carbocycles. The Hall–Kier alpha value is -0.800. The third-order valence-corrected chi connectivity index (χ3v) is 1.66. The summed E-state index contributed by atoms with van der Waals surface area (Å²) in [6.45, 7) is 0.695. The highest BCUT2D eigenvalue weighted by atomic mass is 16.5. The molecule has 1 aliphatic heterocycles. The summed E-state index contributed by atoms with van der Waals surface area (Å²) < 4.78 is 9.86. The first-order valence-corrected chi connectivity index (χ1v) is 3.15. The minimum absolute atomic E-state index is 0.348. The second-order valence-corrected chi connectivity index (χ2v) is 2.50. The molecule has 54 valence electrons. The lowest BCUT2D eigenvalue weighted by Gasteiger charge is -2.34. The summed E-state index contributed by atoms with van der Waals surface area (Å²) in [4.78, 5) is 0. The fraction of sp³-hybridized carbons (Fsp3) is 0.429. The van der Waals surface area contributed by atoms with Gasteiger partial charge in [0.2, 0.25) is 0 Å². The summed E-state index contributed by atoms with van der Waals surface area (Å²) in [5.74, 6) is 0.596. The molecule has 1 saturated heterocycles. The van der Waals surface area contributed by atoms with Crippen LogP contribution in [0, 0.1) is 0 Å². The normalized spacial score (nSPS) is 22.1. The molecule has 0 spiro atoms. The molecule has 0 amide bonds. The Morgan fingerprint density at radius 2 is 2.30 bits per heavy atom. The van der Waals surface area contributed by atoms with Crippen molar-refractivity contribution in [1.82, 2.24) is 0 Å². The lowest BCUT2D eigenvalue weighted by atomic mass is 10.00. The number of furan rings is 1. The smallest absolute Gasteiger partial charge is 0.168 e. The molecule has 0 bridgehead atoms. The van der Waals surface area contributed by atoms with E-state index in [1.807, 2.05) is 0 Å². The number of hydrogen-bond acceptors (Lipinski definition) is 3. The van der Waals surface area contributed by atoms with Gasteiger partial charge in [0.1, 0.15) is 5.76 Å². The lowest BCUT2D eigenvalue weighted by molar-refractivity contribution is -0.194. The van der Waals surface area contributed by atoms with E-state index in [1.165, 1.54) is 0 Å². The van der Waals surface area contributed by atoms with Gasteiger partial charge < -0.3 is 14.3 Å². The average Bonchev–Trinajstić information content (AvgIpc) is 2.33. The van der Waals surface area contributed by atoms with Gasteiger partial charge in [-0.25, -0.2) is 0 Å². The van der Waals surface area contributed by atoms with Gasteiger partial charge in [-0.1, -0.05) is 0 Å². The first-order valence-electron chi connectivity index (χ1n) is 3.15. The molecular weight excluding hydrogens is 132 g/mol. The highest BCUT2D eigenvalue weighted by molar-refractivity contribution is 5.11. The van der Waals surface area contributed by atoms with Crippen LogP contribution in [0.25, 0.3) is 0 Å². The highest BCUT2D eigenvalue weighted by Crippen LogP contribution is 2.28. The predicted octanol–water partition coefficient (Wildman–Crippen LogP) is 0.497. The second kappa shape index (κ2) is 1.84. The van der Waals surface area contributed by atoms with Crippen molar-refractivity contribution >= 4 is 0 Å². The number of hydrogen-bond donors (Lipinski definition) is 1. The molecule has 10 heavy (non-hydrogen) atoms. The number of aliphatic hydroxyl groups is 1. The Balaban J connectivity index is 2.27. The van der Waals surface area contributed by atoms with E-state index in [0.29, 0.717) is 19.0 Å². The molecule has 1 N–H and O–H groups in total. The quantitative estimate of drug-likeness (QED) is 0.617. The van der Waals surface area contributed by atoms with Crippen molar-refractivity contribution in [3.63, 3.8) is 0 Å².